The van der Waals surface area contributed by atoms with Gasteiger partial charge in [0, 0.05) is 6.04 Å². The number of halogens is 1. The van der Waals surface area contributed by atoms with Gasteiger partial charge in [-0.05, 0) is 49.9 Å². The fraction of sp³-hybridized carbons (Fsp3) is 0.571. The summed E-state index contributed by atoms with van der Waals surface area (Å²) in [5.74, 6) is 0.251. The van der Waals surface area contributed by atoms with E-state index in [4.69, 9.17) is 0 Å². The van der Waals surface area contributed by atoms with Crippen LogP contribution in [0.5, 0.6) is 0 Å². The van der Waals surface area contributed by atoms with Crippen LogP contribution < -0.4 is 5.32 Å². The molecule has 0 aromatic heterocycles. The van der Waals surface area contributed by atoms with E-state index in [1.165, 1.54) is 6.07 Å². The first-order chi connectivity index (χ1) is 7.69. The molecule has 16 heavy (non-hydrogen) atoms. The van der Waals surface area contributed by atoms with E-state index in [1.807, 2.05) is 6.07 Å². The molecule has 0 aliphatic rings. The molecule has 0 heterocycles. The van der Waals surface area contributed by atoms with E-state index in [9.17, 15) is 4.39 Å². The predicted molar refractivity (Wildman–Crippen MR) is 67.2 cm³/mol. The SMILES string of the molecule is CCCNC(C)C(CC)c1cccc(F)c1. The van der Waals surface area contributed by atoms with Crippen molar-refractivity contribution < 1.29 is 4.39 Å². The molecule has 90 valence electrons. The lowest BCUT2D eigenvalue weighted by atomic mass is 9.90. The van der Waals surface area contributed by atoms with Gasteiger partial charge >= 0.3 is 0 Å². The van der Waals surface area contributed by atoms with Crippen molar-refractivity contribution in [2.75, 3.05) is 6.54 Å². The summed E-state index contributed by atoms with van der Waals surface area (Å²) in [5.41, 5.74) is 1.10. The zero-order valence-corrected chi connectivity index (χ0v) is 10.5. The van der Waals surface area contributed by atoms with Crippen molar-refractivity contribution in [3.63, 3.8) is 0 Å². The van der Waals surface area contributed by atoms with Crippen molar-refractivity contribution in [2.45, 2.75) is 45.6 Å². The van der Waals surface area contributed by atoms with Crippen LogP contribution in [0, 0.1) is 5.82 Å². The molecule has 0 fully saturated rings. The van der Waals surface area contributed by atoms with Gasteiger partial charge in [0.1, 0.15) is 5.82 Å². The quantitative estimate of drug-likeness (QED) is 0.775. The normalized spacial score (nSPS) is 14.8. The van der Waals surface area contributed by atoms with Gasteiger partial charge in [-0.1, -0.05) is 26.0 Å². The topological polar surface area (TPSA) is 12.0 Å². The first-order valence-electron chi connectivity index (χ1n) is 6.17. The van der Waals surface area contributed by atoms with Gasteiger partial charge in [0.25, 0.3) is 0 Å². The molecule has 0 saturated heterocycles. The van der Waals surface area contributed by atoms with Crippen molar-refractivity contribution in [3.05, 3.63) is 35.6 Å². The molecule has 1 N–H and O–H groups in total. The highest BCUT2D eigenvalue weighted by molar-refractivity contribution is 5.22. The largest absolute Gasteiger partial charge is 0.314 e. The van der Waals surface area contributed by atoms with E-state index in [0.29, 0.717) is 12.0 Å². The molecule has 0 aliphatic heterocycles. The van der Waals surface area contributed by atoms with Crippen molar-refractivity contribution in [1.82, 2.24) is 5.32 Å². The van der Waals surface area contributed by atoms with E-state index in [-0.39, 0.29) is 5.82 Å². The summed E-state index contributed by atoms with van der Waals surface area (Å²) in [6.07, 6.45) is 2.16. The maximum atomic E-state index is 13.2. The summed E-state index contributed by atoms with van der Waals surface area (Å²) in [7, 11) is 0. The number of rotatable bonds is 6. The van der Waals surface area contributed by atoms with Gasteiger partial charge < -0.3 is 5.32 Å². The molecule has 0 spiro atoms. The van der Waals surface area contributed by atoms with Crippen molar-refractivity contribution in [2.24, 2.45) is 0 Å². The fourth-order valence-corrected chi connectivity index (χ4v) is 2.13. The third kappa shape index (κ3) is 3.60. The van der Waals surface area contributed by atoms with Gasteiger partial charge in [-0.15, -0.1) is 0 Å². The van der Waals surface area contributed by atoms with Gasteiger partial charge in [-0.3, -0.25) is 0 Å². The maximum Gasteiger partial charge on any atom is 0.123 e. The molecule has 2 unspecified atom stereocenters. The number of nitrogens with one attached hydrogen (secondary N) is 1. The van der Waals surface area contributed by atoms with Crippen molar-refractivity contribution in [1.29, 1.82) is 0 Å². The smallest absolute Gasteiger partial charge is 0.123 e. The Bertz CT molecular complexity index is 311. The van der Waals surface area contributed by atoms with Gasteiger partial charge in [0.2, 0.25) is 0 Å². The second kappa shape index (κ2) is 6.64. The molecular weight excluding hydrogens is 201 g/mol. The summed E-state index contributed by atoms with van der Waals surface area (Å²) < 4.78 is 13.2. The molecule has 2 atom stereocenters. The van der Waals surface area contributed by atoms with Gasteiger partial charge in [0.05, 0.1) is 0 Å². The molecule has 1 aromatic carbocycles. The lowest BCUT2D eigenvalue weighted by Crippen LogP contribution is -2.32. The van der Waals surface area contributed by atoms with Gasteiger partial charge in [-0.25, -0.2) is 4.39 Å². The minimum atomic E-state index is -0.140. The average Bonchev–Trinajstić information content (AvgIpc) is 2.27. The minimum Gasteiger partial charge on any atom is -0.314 e. The van der Waals surface area contributed by atoms with Crippen LogP contribution in [0.1, 0.15) is 45.1 Å². The maximum absolute atomic E-state index is 13.2. The number of hydrogen-bond donors (Lipinski definition) is 1. The second-order valence-electron chi connectivity index (χ2n) is 4.31. The Morgan fingerprint density at radius 3 is 2.62 bits per heavy atom. The molecule has 1 rings (SSSR count). The highest BCUT2D eigenvalue weighted by atomic mass is 19.1. The minimum absolute atomic E-state index is 0.140. The lowest BCUT2D eigenvalue weighted by molar-refractivity contribution is 0.448. The standard InChI is InChI=1S/C14H22FN/c1-4-9-16-11(3)14(5-2)12-7-6-8-13(15)10-12/h6-8,10-11,14,16H,4-5,9H2,1-3H3. The van der Waals surface area contributed by atoms with E-state index in [1.54, 1.807) is 12.1 Å². The predicted octanol–water partition coefficient (Wildman–Crippen LogP) is 3.71. The van der Waals surface area contributed by atoms with Gasteiger partial charge in [0.15, 0.2) is 0 Å². The van der Waals surface area contributed by atoms with Crippen LogP contribution in [0.4, 0.5) is 4.39 Å². The Balaban J connectivity index is 2.73. The van der Waals surface area contributed by atoms with Crippen LogP contribution in [-0.4, -0.2) is 12.6 Å². The Hall–Kier alpha value is -0.890. The zero-order valence-electron chi connectivity index (χ0n) is 10.5. The van der Waals surface area contributed by atoms with E-state index < -0.39 is 0 Å². The third-order valence-electron chi connectivity index (χ3n) is 3.04. The Kier molecular flexibility index (Phi) is 5.47. The monoisotopic (exact) mass is 223 g/mol. The first-order valence-corrected chi connectivity index (χ1v) is 6.17. The van der Waals surface area contributed by atoms with E-state index in [2.05, 4.69) is 26.1 Å². The van der Waals surface area contributed by atoms with Crippen molar-refractivity contribution >= 4 is 0 Å². The van der Waals surface area contributed by atoms with Crippen molar-refractivity contribution in [3.8, 4) is 0 Å². The lowest BCUT2D eigenvalue weighted by Gasteiger charge is -2.24. The summed E-state index contributed by atoms with van der Waals surface area (Å²) in [6, 6.07) is 7.35. The molecule has 1 nitrogen and oxygen atoms in total. The first kappa shape index (κ1) is 13.2. The third-order valence-corrected chi connectivity index (χ3v) is 3.04. The summed E-state index contributed by atoms with van der Waals surface area (Å²) in [4.78, 5) is 0. The zero-order chi connectivity index (χ0) is 12.0. The van der Waals surface area contributed by atoms with Crippen LogP contribution in [0.15, 0.2) is 24.3 Å². The van der Waals surface area contributed by atoms with Crippen LogP contribution in [-0.2, 0) is 0 Å². The Labute approximate surface area is 98.1 Å². The summed E-state index contributed by atoms with van der Waals surface area (Å²) in [5, 5.41) is 3.48. The van der Waals surface area contributed by atoms with Crippen LogP contribution in [0.3, 0.4) is 0 Å². The number of benzene rings is 1. The second-order valence-corrected chi connectivity index (χ2v) is 4.31. The van der Waals surface area contributed by atoms with Gasteiger partial charge in [-0.2, -0.15) is 0 Å². The number of hydrogen-bond acceptors (Lipinski definition) is 1. The Morgan fingerprint density at radius 1 is 1.31 bits per heavy atom. The Morgan fingerprint density at radius 2 is 2.06 bits per heavy atom. The van der Waals surface area contributed by atoms with E-state index >= 15 is 0 Å². The summed E-state index contributed by atoms with van der Waals surface area (Å²) >= 11 is 0. The molecular formula is C14H22FN. The molecule has 1 aromatic rings. The average molecular weight is 223 g/mol. The molecule has 0 saturated carbocycles. The molecule has 0 bridgehead atoms. The molecule has 0 aliphatic carbocycles. The van der Waals surface area contributed by atoms with E-state index in [0.717, 1.165) is 24.9 Å². The molecule has 0 radical (unpaired) electrons. The van der Waals surface area contributed by atoms with Crippen LogP contribution in [0.25, 0.3) is 0 Å². The highest BCUT2D eigenvalue weighted by Gasteiger charge is 2.16. The fourth-order valence-electron chi connectivity index (χ4n) is 2.13. The highest BCUT2D eigenvalue weighted by Crippen LogP contribution is 2.23. The summed E-state index contributed by atoms with van der Waals surface area (Å²) in [6.45, 7) is 7.50. The molecule has 0 amide bonds. The molecule has 2 heteroatoms. The van der Waals surface area contributed by atoms with Crippen LogP contribution in [0.2, 0.25) is 0 Å². The van der Waals surface area contributed by atoms with Crippen LogP contribution >= 0.6 is 0 Å².